The Bertz CT molecular complexity index is 505. The smallest absolute Gasteiger partial charge is 0.244 e. The van der Waals surface area contributed by atoms with Gasteiger partial charge in [0.15, 0.2) is 0 Å². The molecule has 0 saturated heterocycles. The van der Waals surface area contributed by atoms with E-state index in [1.165, 1.54) is 0 Å². The van der Waals surface area contributed by atoms with Gasteiger partial charge in [0, 0.05) is 17.5 Å². The van der Waals surface area contributed by atoms with Crippen molar-refractivity contribution in [1.29, 1.82) is 0 Å². The fraction of sp³-hybridized carbons (Fsp3) is 0.438. The van der Waals surface area contributed by atoms with E-state index in [-0.39, 0.29) is 23.5 Å². The Labute approximate surface area is 114 Å². The van der Waals surface area contributed by atoms with E-state index in [4.69, 9.17) is 0 Å². The first-order chi connectivity index (χ1) is 8.91. The van der Waals surface area contributed by atoms with Gasteiger partial charge in [0.1, 0.15) is 0 Å². The molecule has 19 heavy (non-hydrogen) atoms. The number of aliphatic hydroxyl groups excluding tert-OH is 1. The fourth-order valence-corrected chi connectivity index (χ4v) is 2.31. The number of carbonyl (C=O) groups is 1. The molecule has 1 aliphatic rings. The molecule has 0 aliphatic heterocycles. The number of rotatable bonds is 3. The van der Waals surface area contributed by atoms with Crippen molar-refractivity contribution in [3.8, 4) is 0 Å². The Kier molecular flexibility index (Phi) is 3.76. The molecule has 1 amide bonds. The highest BCUT2D eigenvalue weighted by Crippen LogP contribution is 2.40. The highest BCUT2D eigenvalue weighted by atomic mass is 16.3. The summed E-state index contributed by atoms with van der Waals surface area (Å²) in [5.41, 5.74) is 1.96. The van der Waals surface area contributed by atoms with E-state index in [1.807, 2.05) is 51.1 Å². The van der Waals surface area contributed by atoms with Crippen LogP contribution in [0.2, 0.25) is 0 Å². The van der Waals surface area contributed by atoms with Gasteiger partial charge < -0.3 is 10.4 Å². The van der Waals surface area contributed by atoms with Crippen LogP contribution in [0.25, 0.3) is 6.08 Å². The molecule has 2 unspecified atom stereocenters. The molecule has 1 aliphatic carbocycles. The number of hydrogen-bond donors (Lipinski definition) is 2. The quantitative estimate of drug-likeness (QED) is 0.818. The van der Waals surface area contributed by atoms with E-state index in [1.54, 1.807) is 6.08 Å². The molecule has 0 heterocycles. The average Bonchev–Trinajstić information content (AvgIpc) is 2.37. The summed E-state index contributed by atoms with van der Waals surface area (Å²) in [6, 6.07) is 7.98. The zero-order valence-corrected chi connectivity index (χ0v) is 11.7. The van der Waals surface area contributed by atoms with Gasteiger partial charge in [0.2, 0.25) is 5.91 Å². The van der Waals surface area contributed by atoms with Crippen molar-refractivity contribution >= 4 is 12.0 Å². The average molecular weight is 259 g/mol. The summed E-state index contributed by atoms with van der Waals surface area (Å²) in [6.45, 7) is 5.96. The van der Waals surface area contributed by atoms with Gasteiger partial charge in [-0.15, -0.1) is 0 Å². The molecular weight excluding hydrogens is 238 g/mol. The first kappa shape index (κ1) is 13.8. The highest BCUT2D eigenvalue weighted by Gasteiger charge is 2.47. The highest BCUT2D eigenvalue weighted by molar-refractivity contribution is 5.92. The molecule has 0 bridgehead atoms. The monoisotopic (exact) mass is 259 g/mol. The van der Waals surface area contributed by atoms with Crippen LogP contribution < -0.4 is 5.32 Å². The van der Waals surface area contributed by atoms with Crippen LogP contribution in [0.3, 0.4) is 0 Å². The SMILES string of the molecule is Cc1ccccc1/C=C/C(=O)NC1CC(O)C1(C)C. The van der Waals surface area contributed by atoms with Crippen molar-refractivity contribution in [1.82, 2.24) is 5.32 Å². The van der Waals surface area contributed by atoms with Gasteiger partial charge in [-0.1, -0.05) is 38.1 Å². The summed E-state index contributed by atoms with van der Waals surface area (Å²) in [5.74, 6) is -0.103. The Morgan fingerprint density at radius 1 is 1.42 bits per heavy atom. The number of amides is 1. The van der Waals surface area contributed by atoms with Crippen molar-refractivity contribution in [2.24, 2.45) is 5.41 Å². The van der Waals surface area contributed by atoms with E-state index in [2.05, 4.69) is 5.32 Å². The number of aryl methyl sites for hydroxylation is 1. The van der Waals surface area contributed by atoms with Crippen molar-refractivity contribution in [2.75, 3.05) is 0 Å². The van der Waals surface area contributed by atoms with E-state index in [0.29, 0.717) is 6.42 Å². The van der Waals surface area contributed by atoms with Crippen LogP contribution in [0.1, 0.15) is 31.4 Å². The lowest BCUT2D eigenvalue weighted by Crippen LogP contribution is -2.60. The second kappa shape index (κ2) is 5.17. The molecule has 2 rings (SSSR count). The molecule has 1 fully saturated rings. The lowest BCUT2D eigenvalue weighted by atomic mass is 9.64. The minimum absolute atomic E-state index is 0.0523. The second-order valence-corrected chi connectivity index (χ2v) is 5.82. The molecule has 1 saturated carbocycles. The van der Waals surface area contributed by atoms with Gasteiger partial charge in [-0.3, -0.25) is 4.79 Å². The predicted octanol–water partition coefficient (Wildman–Crippen LogP) is 2.28. The van der Waals surface area contributed by atoms with Gasteiger partial charge in [0.05, 0.1) is 6.10 Å². The van der Waals surface area contributed by atoms with Crippen LogP contribution >= 0.6 is 0 Å². The first-order valence-electron chi connectivity index (χ1n) is 6.63. The number of hydrogen-bond acceptors (Lipinski definition) is 2. The molecule has 3 heteroatoms. The minimum Gasteiger partial charge on any atom is -0.392 e. The molecule has 0 spiro atoms. The van der Waals surface area contributed by atoms with Crippen molar-refractivity contribution in [3.05, 3.63) is 41.5 Å². The third kappa shape index (κ3) is 2.87. The molecular formula is C16H21NO2. The second-order valence-electron chi connectivity index (χ2n) is 5.82. The molecule has 0 radical (unpaired) electrons. The topological polar surface area (TPSA) is 49.3 Å². The Balaban J connectivity index is 1.94. The molecule has 0 aromatic heterocycles. The Morgan fingerprint density at radius 3 is 2.68 bits per heavy atom. The van der Waals surface area contributed by atoms with E-state index in [9.17, 15) is 9.90 Å². The number of aliphatic hydroxyl groups is 1. The van der Waals surface area contributed by atoms with E-state index in [0.717, 1.165) is 11.1 Å². The Hall–Kier alpha value is -1.61. The summed E-state index contributed by atoms with van der Waals surface area (Å²) in [6.07, 6.45) is 3.70. The number of nitrogens with one attached hydrogen (secondary N) is 1. The lowest BCUT2D eigenvalue weighted by Gasteiger charge is -2.49. The zero-order chi connectivity index (χ0) is 14.0. The molecule has 2 atom stereocenters. The summed E-state index contributed by atoms with van der Waals surface area (Å²) in [5, 5.41) is 12.6. The van der Waals surface area contributed by atoms with E-state index < -0.39 is 0 Å². The normalized spacial score (nSPS) is 25.1. The number of benzene rings is 1. The van der Waals surface area contributed by atoms with Crippen molar-refractivity contribution in [2.45, 2.75) is 39.3 Å². The van der Waals surface area contributed by atoms with Crippen LogP contribution in [0, 0.1) is 12.3 Å². The van der Waals surface area contributed by atoms with Gasteiger partial charge in [-0.05, 0) is 30.5 Å². The van der Waals surface area contributed by atoms with Crippen molar-refractivity contribution in [3.63, 3.8) is 0 Å². The minimum atomic E-state index is -0.321. The van der Waals surface area contributed by atoms with Crippen molar-refractivity contribution < 1.29 is 9.90 Å². The molecule has 1 aromatic carbocycles. The number of carbonyl (C=O) groups excluding carboxylic acids is 1. The molecule has 3 nitrogen and oxygen atoms in total. The fourth-order valence-electron chi connectivity index (χ4n) is 2.31. The summed E-state index contributed by atoms with van der Waals surface area (Å²) in [7, 11) is 0. The van der Waals surface area contributed by atoms with Gasteiger partial charge in [0.25, 0.3) is 0 Å². The maximum Gasteiger partial charge on any atom is 0.244 e. The van der Waals surface area contributed by atoms with Gasteiger partial charge in [-0.25, -0.2) is 0 Å². The van der Waals surface area contributed by atoms with Crippen LogP contribution in [-0.2, 0) is 4.79 Å². The van der Waals surface area contributed by atoms with E-state index >= 15 is 0 Å². The molecule has 2 N–H and O–H groups in total. The van der Waals surface area contributed by atoms with Crippen LogP contribution in [0.5, 0.6) is 0 Å². The lowest BCUT2D eigenvalue weighted by molar-refractivity contribution is -0.124. The third-order valence-corrected chi connectivity index (χ3v) is 4.14. The van der Waals surface area contributed by atoms with Crippen LogP contribution in [0.15, 0.2) is 30.3 Å². The molecule has 1 aromatic rings. The summed E-state index contributed by atoms with van der Waals surface area (Å²) in [4.78, 5) is 11.8. The summed E-state index contributed by atoms with van der Waals surface area (Å²) < 4.78 is 0. The predicted molar refractivity (Wildman–Crippen MR) is 76.5 cm³/mol. The molecule has 102 valence electrons. The first-order valence-corrected chi connectivity index (χ1v) is 6.63. The maximum atomic E-state index is 11.8. The largest absolute Gasteiger partial charge is 0.392 e. The standard InChI is InChI=1S/C16H21NO2/c1-11-6-4-5-7-12(11)8-9-15(19)17-13-10-14(18)16(13,2)3/h4-9,13-14,18H,10H2,1-3H3,(H,17,19)/b9-8+. The van der Waals surface area contributed by atoms with Crippen LogP contribution in [0.4, 0.5) is 0 Å². The Morgan fingerprint density at radius 2 is 2.11 bits per heavy atom. The maximum absolute atomic E-state index is 11.8. The van der Waals surface area contributed by atoms with Crippen LogP contribution in [-0.4, -0.2) is 23.2 Å². The zero-order valence-electron chi connectivity index (χ0n) is 11.7. The van der Waals surface area contributed by atoms with Gasteiger partial charge >= 0.3 is 0 Å². The third-order valence-electron chi connectivity index (χ3n) is 4.14. The van der Waals surface area contributed by atoms with Gasteiger partial charge in [-0.2, -0.15) is 0 Å². The summed E-state index contributed by atoms with van der Waals surface area (Å²) >= 11 is 0.